The predicted molar refractivity (Wildman–Crippen MR) is 109 cm³/mol. The summed E-state index contributed by atoms with van der Waals surface area (Å²) in [6.45, 7) is 2.99. The number of hydrogen-bond acceptors (Lipinski definition) is 2. The lowest BCUT2D eigenvalue weighted by Crippen LogP contribution is -2.32. The Morgan fingerprint density at radius 1 is 1.07 bits per heavy atom. The Bertz CT molecular complexity index is 1080. The van der Waals surface area contributed by atoms with Gasteiger partial charge in [0.1, 0.15) is 11.5 Å². The average Bonchev–Trinajstić information content (AvgIpc) is 3.26. The zero-order valence-corrected chi connectivity index (χ0v) is 15.7. The molecule has 0 unspecified atom stereocenters. The largest absolute Gasteiger partial charge is 0.331 e. The zero-order chi connectivity index (χ0) is 18.8. The second-order valence-corrected chi connectivity index (χ2v) is 7.25. The van der Waals surface area contributed by atoms with E-state index in [1.807, 2.05) is 65.4 Å². The summed E-state index contributed by atoms with van der Waals surface area (Å²) in [7, 11) is 0. The van der Waals surface area contributed by atoms with Gasteiger partial charge in [0.25, 0.3) is 5.91 Å². The molecule has 4 rings (SSSR count). The Hall–Kier alpha value is -2.92. The molecule has 0 aliphatic carbocycles. The first kappa shape index (κ1) is 17.5. The fourth-order valence-electron chi connectivity index (χ4n) is 3.33. The summed E-state index contributed by atoms with van der Waals surface area (Å²) < 4.78 is 16.7. The van der Waals surface area contributed by atoms with E-state index in [4.69, 9.17) is 0 Å². The minimum Gasteiger partial charge on any atom is -0.331 e. The van der Waals surface area contributed by atoms with Crippen LogP contribution in [0.15, 0.2) is 72.1 Å². The van der Waals surface area contributed by atoms with E-state index in [0.29, 0.717) is 18.8 Å². The van der Waals surface area contributed by atoms with Crippen molar-refractivity contribution in [3.63, 3.8) is 0 Å². The van der Waals surface area contributed by atoms with Crippen molar-refractivity contribution in [1.29, 1.82) is 0 Å². The standard InChI is InChI=1S/C22H19FN2OS/c1-2-24(18-9-4-3-5-10-18)22(26)20-14-21-19(11-12-27-21)25(20)15-16-7-6-8-17(23)13-16/h3-14H,2,15H2,1H3. The third-order valence-corrected chi connectivity index (χ3v) is 5.45. The van der Waals surface area contributed by atoms with Gasteiger partial charge in [0, 0.05) is 18.8 Å². The van der Waals surface area contributed by atoms with Gasteiger partial charge in [-0.05, 0) is 54.3 Å². The third-order valence-electron chi connectivity index (χ3n) is 4.60. The molecule has 2 aromatic carbocycles. The van der Waals surface area contributed by atoms with E-state index in [1.165, 1.54) is 12.1 Å². The SMILES string of the molecule is CCN(C(=O)c1cc2sccc2n1Cc1cccc(F)c1)c1ccccc1. The predicted octanol–water partition coefficient (Wildman–Crippen LogP) is 5.56. The number of benzene rings is 2. The Kier molecular flexibility index (Phi) is 4.77. The molecule has 0 spiro atoms. The van der Waals surface area contributed by atoms with Gasteiger partial charge in [-0.25, -0.2) is 4.39 Å². The Labute approximate surface area is 161 Å². The third kappa shape index (κ3) is 3.38. The molecule has 0 aliphatic heterocycles. The molecule has 0 saturated heterocycles. The van der Waals surface area contributed by atoms with Crippen LogP contribution >= 0.6 is 11.3 Å². The molecule has 2 heterocycles. The maximum atomic E-state index is 13.6. The fourth-order valence-corrected chi connectivity index (χ4v) is 4.15. The van der Waals surface area contributed by atoms with E-state index in [1.54, 1.807) is 22.3 Å². The minimum absolute atomic E-state index is 0.0523. The maximum absolute atomic E-state index is 13.6. The first-order chi connectivity index (χ1) is 13.2. The van der Waals surface area contributed by atoms with Crippen LogP contribution in [0.5, 0.6) is 0 Å². The van der Waals surface area contributed by atoms with E-state index in [-0.39, 0.29) is 11.7 Å². The molecule has 0 bridgehead atoms. The quantitative estimate of drug-likeness (QED) is 0.446. The van der Waals surface area contributed by atoms with Crippen molar-refractivity contribution in [2.45, 2.75) is 13.5 Å². The lowest BCUT2D eigenvalue weighted by atomic mass is 10.2. The number of hydrogen-bond donors (Lipinski definition) is 0. The van der Waals surface area contributed by atoms with Gasteiger partial charge >= 0.3 is 0 Å². The van der Waals surface area contributed by atoms with Crippen molar-refractivity contribution in [1.82, 2.24) is 4.57 Å². The number of anilines is 1. The monoisotopic (exact) mass is 378 g/mol. The molecule has 3 nitrogen and oxygen atoms in total. The average molecular weight is 378 g/mol. The van der Waals surface area contributed by atoms with Crippen molar-refractivity contribution in [2.75, 3.05) is 11.4 Å². The number of halogens is 1. The molecular formula is C22H19FN2OS. The second-order valence-electron chi connectivity index (χ2n) is 6.30. The maximum Gasteiger partial charge on any atom is 0.274 e. The smallest absolute Gasteiger partial charge is 0.274 e. The lowest BCUT2D eigenvalue weighted by Gasteiger charge is -2.22. The van der Waals surface area contributed by atoms with Crippen molar-refractivity contribution >= 4 is 33.1 Å². The van der Waals surface area contributed by atoms with Crippen LogP contribution in [-0.4, -0.2) is 17.0 Å². The van der Waals surface area contributed by atoms with Gasteiger partial charge in [0.05, 0.1) is 10.2 Å². The van der Waals surface area contributed by atoms with Crippen molar-refractivity contribution in [3.05, 3.63) is 89.2 Å². The molecule has 0 radical (unpaired) electrons. The zero-order valence-electron chi connectivity index (χ0n) is 14.9. The van der Waals surface area contributed by atoms with Gasteiger partial charge in [-0.3, -0.25) is 4.79 Å². The number of rotatable bonds is 5. The number of thiophene rings is 1. The Balaban J connectivity index is 1.77. The summed E-state index contributed by atoms with van der Waals surface area (Å²) >= 11 is 1.60. The summed E-state index contributed by atoms with van der Waals surface area (Å²) in [5, 5.41) is 2.01. The molecule has 4 aromatic rings. The number of carbonyl (C=O) groups is 1. The first-order valence-corrected chi connectivity index (χ1v) is 9.73. The molecule has 0 atom stereocenters. The molecule has 1 amide bonds. The number of carbonyl (C=O) groups excluding carboxylic acids is 1. The molecule has 5 heteroatoms. The van der Waals surface area contributed by atoms with Crippen LogP contribution in [0.4, 0.5) is 10.1 Å². The van der Waals surface area contributed by atoms with Crippen LogP contribution < -0.4 is 4.90 Å². The molecule has 2 aromatic heterocycles. The Morgan fingerprint density at radius 2 is 1.89 bits per heavy atom. The van der Waals surface area contributed by atoms with Crippen molar-refractivity contribution < 1.29 is 9.18 Å². The highest BCUT2D eigenvalue weighted by Gasteiger charge is 2.22. The molecule has 0 N–H and O–H groups in total. The number of aromatic nitrogens is 1. The molecule has 136 valence electrons. The molecule has 0 saturated carbocycles. The van der Waals surface area contributed by atoms with Crippen LogP contribution in [0.3, 0.4) is 0 Å². The van der Waals surface area contributed by atoms with Gasteiger partial charge in [-0.2, -0.15) is 0 Å². The Morgan fingerprint density at radius 3 is 2.63 bits per heavy atom. The minimum atomic E-state index is -0.270. The van der Waals surface area contributed by atoms with Crippen molar-refractivity contribution in [2.24, 2.45) is 0 Å². The summed E-state index contributed by atoms with van der Waals surface area (Å²) in [5.74, 6) is -0.322. The number of nitrogens with zero attached hydrogens (tertiary/aromatic N) is 2. The first-order valence-electron chi connectivity index (χ1n) is 8.85. The molecule has 0 fully saturated rings. The van der Waals surface area contributed by atoms with E-state index in [9.17, 15) is 9.18 Å². The number of amides is 1. The van der Waals surface area contributed by atoms with Crippen LogP contribution in [0.25, 0.3) is 10.2 Å². The fraction of sp³-hybridized carbons (Fsp3) is 0.136. The van der Waals surface area contributed by atoms with E-state index < -0.39 is 0 Å². The number of para-hydroxylation sites is 1. The van der Waals surface area contributed by atoms with Gasteiger partial charge in [0.15, 0.2) is 0 Å². The van der Waals surface area contributed by atoms with Crippen LogP contribution in [0.2, 0.25) is 0 Å². The normalized spacial score (nSPS) is 11.0. The van der Waals surface area contributed by atoms with E-state index in [2.05, 4.69) is 0 Å². The van der Waals surface area contributed by atoms with Gasteiger partial charge in [-0.15, -0.1) is 11.3 Å². The van der Waals surface area contributed by atoms with Gasteiger partial charge in [0.2, 0.25) is 0 Å². The summed E-state index contributed by atoms with van der Waals surface area (Å²) in [6, 6.07) is 20.1. The molecule has 0 aliphatic rings. The highest BCUT2D eigenvalue weighted by molar-refractivity contribution is 7.17. The van der Waals surface area contributed by atoms with Crippen molar-refractivity contribution in [3.8, 4) is 0 Å². The molecule has 27 heavy (non-hydrogen) atoms. The van der Waals surface area contributed by atoms with E-state index >= 15 is 0 Å². The van der Waals surface area contributed by atoms with Crippen LogP contribution in [-0.2, 0) is 6.54 Å². The summed E-state index contributed by atoms with van der Waals surface area (Å²) in [5.41, 5.74) is 3.31. The topological polar surface area (TPSA) is 25.2 Å². The van der Waals surface area contributed by atoms with Gasteiger partial charge in [-0.1, -0.05) is 30.3 Å². The van der Waals surface area contributed by atoms with Crippen LogP contribution in [0, 0.1) is 5.82 Å². The highest BCUT2D eigenvalue weighted by atomic mass is 32.1. The molecular weight excluding hydrogens is 359 g/mol. The van der Waals surface area contributed by atoms with Gasteiger partial charge < -0.3 is 9.47 Å². The highest BCUT2D eigenvalue weighted by Crippen LogP contribution is 2.28. The summed E-state index contributed by atoms with van der Waals surface area (Å²) in [4.78, 5) is 15.1. The lowest BCUT2D eigenvalue weighted by molar-refractivity contribution is 0.0980. The second kappa shape index (κ2) is 7.37. The van der Waals surface area contributed by atoms with Crippen LogP contribution in [0.1, 0.15) is 23.0 Å². The number of fused-ring (bicyclic) bond motifs is 1. The van der Waals surface area contributed by atoms with E-state index in [0.717, 1.165) is 21.5 Å². The summed E-state index contributed by atoms with van der Waals surface area (Å²) in [6.07, 6.45) is 0.